The zero-order chi connectivity index (χ0) is 14.8. The van der Waals surface area contributed by atoms with Crippen LogP contribution >= 0.6 is 0 Å². The fraction of sp³-hybridized carbons (Fsp3) is 0.467. The third-order valence-corrected chi connectivity index (χ3v) is 3.50. The van der Waals surface area contributed by atoms with Gasteiger partial charge in [0.2, 0.25) is 0 Å². The second kappa shape index (κ2) is 5.79. The second-order valence-electron chi connectivity index (χ2n) is 5.71. The Morgan fingerprint density at radius 2 is 1.80 bits per heavy atom. The number of ether oxygens (including phenoxy) is 1. The summed E-state index contributed by atoms with van der Waals surface area (Å²) in [5.74, 6) is 1.59. The van der Waals surface area contributed by atoms with Crippen LogP contribution in [-0.4, -0.2) is 14.8 Å². The smallest absolute Gasteiger partial charge is 0.169 e. The molecule has 0 saturated carbocycles. The van der Waals surface area contributed by atoms with Crippen molar-refractivity contribution in [2.24, 2.45) is 0 Å². The van der Waals surface area contributed by atoms with Gasteiger partial charge in [-0.25, -0.2) is 0 Å². The summed E-state index contributed by atoms with van der Waals surface area (Å²) in [4.78, 5) is 0. The van der Waals surface area contributed by atoms with Gasteiger partial charge in [-0.2, -0.15) is 5.10 Å². The van der Waals surface area contributed by atoms with Crippen LogP contribution in [-0.2, 0) is 31.2 Å². The Balaban J connectivity index is 2.04. The summed E-state index contributed by atoms with van der Waals surface area (Å²) in [5, 5.41) is 8.44. The van der Waals surface area contributed by atoms with E-state index in [1.807, 2.05) is 23.6 Å². The van der Waals surface area contributed by atoms with Crippen LogP contribution in [0, 0.1) is 0 Å². The van der Waals surface area contributed by atoms with Gasteiger partial charge in [0.05, 0.1) is 0 Å². The molecular weight excluding hydrogens is 270 g/mol. The molecule has 0 unspecified atom stereocenters. The molecule has 0 N–H and O–H groups in total. The number of aromatic nitrogens is 3. The predicted molar refractivity (Wildman–Crippen MR) is 80.8 cm³/mol. The highest BCUT2D eigenvalue weighted by molar-refractivity contribution is 7.58. The van der Waals surface area contributed by atoms with E-state index in [1.54, 1.807) is 0 Å². The molecule has 0 spiro atoms. The number of hydrogen-bond acceptors (Lipinski definition) is 4. The minimum Gasteiger partial charge on any atom is -0.740 e. The molecule has 5 heteroatoms. The Hall–Kier alpha value is -1.62. The van der Waals surface area contributed by atoms with Crippen LogP contribution in [0.1, 0.15) is 39.1 Å². The maximum absolute atomic E-state index is 5.75. The third-order valence-electron chi connectivity index (χ3n) is 3.20. The SMILES string of the molecule is CCn1c([S-])nnc1COc1ccc(C(C)(C)C)cc1. The average molecular weight is 290 g/mol. The lowest BCUT2D eigenvalue weighted by Gasteiger charge is -2.19. The summed E-state index contributed by atoms with van der Waals surface area (Å²) < 4.78 is 7.62. The maximum atomic E-state index is 5.75. The van der Waals surface area contributed by atoms with Crippen molar-refractivity contribution in [2.45, 2.75) is 51.4 Å². The topological polar surface area (TPSA) is 39.9 Å². The Labute approximate surface area is 125 Å². The standard InChI is InChI=1S/C15H21N3OS/c1-5-18-13(16-17-14(18)20)10-19-12-8-6-11(7-9-12)15(2,3)4/h6-9H,5,10H2,1-4H3,(H,17,20)/p-1. The van der Waals surface area contributed by atoms with E-state index < -0.39 is 0 Å². The molecule has 0 radical (unpaired) electrons. The molecule has 1 aromatic heterocycles. The minimum atomic E-state index is 0.151. The van der Waals surface area contributed by atoms with Gasteiger partial charge in [0.1, 0.15) is 12.4 Å². The molecule has 2 aromatic rings. The third kappa shape index (κ3) is 3.28. The molecule has 0 aliphatic rings. The zero-order valence-corrected chi connectivity index (χ0v) is 13.2. The van der Waals surface area contributed by atoms with Crippen LogP contribution < -0.4 is 4.74 Å². The molecule has 108 valence electrons. The monoisotopic (exact) mass is 290 g/mol. The Morgan fingerprint density at radius 1 is 1.15 bits per heavy atom. The molecule has 0 bridgehead atoms. The Kier molecular flexibility index (Phi) is 4.28. The maximum Gasteiger partial charge on any atom is 0.169 e. The van der Waals surface area contributed by atoms with Crippen LogP contribution in [0.25, 0.3) is 0 Å². The van der Waals surface area contributed by atoms with Crippen LogP contribution in [0.2, 0.25) is 0 Å². The summed E-state index contributed by atoms with van der Waals surface area (Å²) in [6.07, 6.45) is 0. The highest BCUT2D eigenvalue weighted by Crippen LogP contribution is 2.24. The summed E-state index contributed by atoms with van der Waals surface area (Å²) in [7, 11) is 0. The van der Waals surface area contributed by atoms with E-state index in [0.717, 1.165) is 18.1 Å². The summed E-state index contributed by atoms with van der Waals surface area (Å²) in [5.41, 5.74) is 1.44. The van der Waals surface area contributed by atoms with E-state index in [9.17, 15) is 0 Å². The molecular formula is C15H20N3OS-. The fourth-order valence-electron chi connectivity index (χ4n) is 1.94. The van der Waals surface area contributed by atoms with E-state index >= 15 is 0 Å². The van der Waals surface area contributed by atoms with Gasteiger partial charge in [-0.15, -0.1) is 5.10 Å². The normalized spacial score (nSPS) is 11.6. The van der Waals surface area contributed by atoms with Gasteiger partial charge >= 0.3 is 0 Å². The van der Waals surface area contributed by atoms with Crippen molar-refractivity contribution in [3.63, 3.8) is 0 Å². The summed E-state index contributed by atoms with van der Waals surface area (Å²) in [6.45, 7) is 9.73. The van der Waals surface area contributed by atoms with Gasteiger partial charge < -0.3 is 21.9 Å². The summed E-state index contributed by atoms with van der Waals surface area (Å²) >= 11 is 5.09. The van der Waals surface area contributed by atoms with Crippen LogP contribution in [0.15, 0.2) is 29.4 Å². The van der Waals surface area contributed by atoms with Gasteiger partial charge in [0.25, 0.3) is 0 Å². The van der Waals surface area contributed by atoms with Gasteiger partial charge in [-0.1, -0.05) is 32.9 Å². The quantitative estimate of drug-likeness (QED) is 0.811. The molecule has 0 amide bonds. The Morgan fingerprint density at radius 3 is 2.35 bits per heavy atom. The van der Waals surface area contributed by atoms with Crippen molar-refractivity contribution >= 4 is 12.6 Å². The molecule has 1 aromatic carbocycles. The van der Waals surface area contributed by atoms with E-state index in [0.29, 0.717) is 11.8 Å². The molecule has 2 rings (SSSR count). The van der Waals surface area contributed by atoms with Crippen LogP contribution in [0.4, 0.5) is 0 Å². The van der Waals surface area contributed by atoms with Crippen molar-refractivity contribution in [3.8, 4) is 5.75 Å². The van der Waals surface area contributed by atoms with Crippen molar-refractivity contribution in [1.82, 2.24) is 14.8 Å². The molecule has 1 heterocycles. The van der Waals surface area contributed by atoms with Gasteiger partial charge in [0.15, 0.2) is 5.82 Å². The lowest BCUT2D eigenvalue weighted by molar-refractivity contribution is 0.288. The lowest BCUT2D eigenvalue weighted by atomic mass is 9.87. The van der Waals surface area contributed by atoms with E-state index in [-0.39, 0.29) is 5.41 Å². The van der Waals surface area contributed by atoms with Crippen LogP contribution in [0.5, 0.6) is 5.75 Å². The van der Waals surface area contributed by atoms with Crippen LogP contribution in [0.3, 0.4) is 0 Å². The van der Waals surface area contributed by atoms with E-state index in [2.05, 4.69) is 43.1 Å². The molecule has 20 heavy (non-hydrogen) atoms. The summed E-state index contributed by atoms with van der Waals surface area (Å²) in [6, 6.07) is 8.17. The van der Waals surface area contributed by atoms with Gasteiger partial charge in [-0.3, -0.25) is 0 Å². The minimum absolute atomic E-state index is 0.151. The van der Waals surface area contributed by atoms with Crippen molar-refractivity contribution in [3.05, 3.63) is 35.7 Å². The van der Waals surface area contributed by atoms with Crippen molar-refractivity contribution in [1.29, 1.82) is 0 Å². The molecule has 0 atom stereocenters. The Bertz CT molecular complexity index is 570. The molecule has 0 saturated heterocycles. The molecule has 0 aliphatic heterocycles. The lowest BCUT2D eigenvalue weighted by Crippen LogP contribution is -2.11. The predicted octanol–water partition coefficient (Wildman–Crippen LogP) is 3.08. The van der Waals surface area contributed by atoms with Crippen molar-refractivity contribution in [2.75, 3.05) is 0 Å². The van der Waals surface area contributed by atoms with Gasteiger partial charge in [0, 0.05) is 11.7 Å². The molecule has 4 nitrogen and oxygen atoms in total. The molecule has 0 fully saturated rings. The van der Waals surface area contributed by atoms with E-state index in [1.165, 1.54) is 5.56 Å². The average Bonchev–Trinajstić information content (AvgIpc) is 2.76. The first-order valence-electron chi connectivity index (χ1n) is 6.74. The number of benzene rings is 1. The first-order chi connectivity index (χ1) is 9.41. The second-order valence-corrected chi connectivity index (χ2v) is 6.07. The number of nitrogens with zero attached hydrogens (tertiary/aromatic N) is 3. The first-order valence-corrected chi connectivity index (χ1v) is 7.15. The number of hydrogen-bond donors (Lipinski definition) is 0. The molecule has 0 aliphatic carbocycles. The number of rotatable bonds is 4. The fourth-order valence-corrected chi connectivity index (χ4v) is 2.22. The highest BCUT2D eigenvalue weighted by Gasteiger charge is 2.13. The zero-order valence-electron chi connectivity index (χ0n) is 12.4. The van der Waals surface area contributed by atoms with E-state index in [4.69, 9.17) is 17.4 Å². The first kappa shape index (κ1) is 14.8. The van der Waals surface area contributed by atoms with Gasteiger partial charge in [-0.05, 0) is 30.0 Å². The highest BCUT2D eigenvalue weighted by atomic mass is 32.1. The van der Waals surface area contributed by atoms with Crippen molar-refractivity contribution < 1.29 is 4.74 Å². The largest absolute Gasteiger partial charge is 0.740 e.